The minimum atomic E-state index is -0.387. The van der Waals surface area contributed by atoms with Crippen LogP contribution in [0, 0.1) is 5.41 Å². The van der Waals surface area contributed by atoms with Gasteiger partial charge in [0, 0.05) is 24.7 Å². The molecule has 1 atom stereocenters. The van der Waals surface area contributed by atoms with Crippen LogP contribution in [0.5, 0.6) is 0 Å². The summed E-state index contributed by atoms with van der Waals surface area (Å²) in [4.78, 5) is 19.8. The molecule has 1 aromatic carbocycles. The Hall–Kier alpha value is -1.98. The van der Waals surface area contributed by atoms with Crippen LogP contribution in [0.25, 0.3) is 10.9 Å². The zero-order chi connectivity index (χ0) is 20.1. The number of nitrogens with zero attached hydrogens (tertiary/aromatic N) is 2. The normalized spacial score (nSPS) is 22.4. The molecule has 0 bridgehead atoms. The number of benzene rings is 1. The first-order chi connectivity index (χ1) is 14.2. The van der Waals surface area contributed by atoms with E-state index >= 15 is 0 Å². The number of ether oxygens (including phenoxy) is 2. The average molecular weight is 397 g/mol. The van der Waals surface area contributed by atoms with E-state index in [0.717, 1.165) is 63.9 Å². The predicted molar refractivity (Wildman–Crippen MR) is 114 cm³/mol. The van der Waals surface area contributed by atoms with Crippen molar-refractivity contribution in [2.24, 2.45) is 5.41 Å². The van der Waals surface area contributed by atoms with Crippen LogP contribution in [0.4, 0.5) is 0 Å². The topological polar surface area (TPSA) is 51.7 Å². The minimum absolute atomic E-state index is 0.0226. The van der Waals surface area contributed by atoms with Gasteiger partial charge in [0.1, 0.15) is 0 Å². The number of pyridine rings is 1. The Morgan fingerprint density at radius 3 is 2.90 bits per heavy atom. The summed E-state index contributed by atoms with van der Waals surface area (Å²) in [7, 11) is 0. The van der Waals surface area contributed by atoms with Crippen molar-refractivity contribution in [3.05, 3.63) is 42.1 Å². The Kier molecular flexibility index (Phi) is 6.46. The van der Waals surface area contributed by atoms with Crippen LogP contribution in [0.15, 0.2) is 36.5 Å². The highest BCUT2D eigenvalue weighted by molar-refractivity contribution is 5.79. The number of aromatic nitrogens is 1. The summed E-state index contributed by atoms with van der Waals surface area (Å²) in [5.41, 5.74) is 1.94. The standard InChI is InChI=1S/C24H32N2O3/c1-2-28-23(27)24(17-21-7-3-4-15-29-21)10-13-26(14-11-24)18-19-8-9-22-20(16-19)6-5-12-25-22/h5-6,8-9,12,16,21H,2-4,7,10-11,13-15,17-18H2,1H3. The van der Waals surface area contributed by atoms with Gasteiger partial charge in [-0.3, -0.25) is 14.7 Å². The lowest BCUT2D eigenvalue weighted by atomic mass is 9.73. The van der Waals surface area contributed by atoms with E-state index in [0.29, 0.717) is 6.61 Å². The van der Waals surface area contributed by atoms with E-state index in [1.807, 2.05) is 19.2 Å². The van der Waals surface area contributed by atoms with Crippen molar-refractivity contribution in [3.8, 4) is 0 Å². The maximum Gasteiger partial charge on any atom is 0.312 e. The molecular formula is C24H32N2O3. The van der Waals surface area contributed by atoms with Crippen LogP contribution in [0.3, 0.4) is 0 Å². The van der Waals surface area contributed by atoms with Crippen molar-refractivity contribution in [2.45, 2.75) is 58.1 Å². The van der Waals surface area contributed by atoms with E-state index < -0.39 is 0 Å². The predicted octanol–water partition coefficient (Wildman–Crippen LogP) is 4.34. The van der Waals surface area contributed by atoms with Gasteiger partial charge >= 0.3 is 5.97 Å². The maximum atomic E-state index is 12.9. The minimum Gasteiger partial charge on any atom is -0.466 e. The molecular weight excluding hydrogens is 364 g/mol. The number of hydrogen-bond donors (Lipinski definition) is 0. The first-order valence-corrected chi connectivity index (χ1v) is 11.0. The molecule has 5 heteroatoms. The van der Waals surface area contributed by atoms with Crippen molar-refractivity contribution < 1.29 is 14.3 Å². The number of carbonyl (C=O) groups excluding carboxylic acids is 1. The highest BCUT2D eigenvalue weighted by atomic mass is 16.5. The van der Waals surface area contributed by atoms with Crippen molar-refractivity contribution in [2.75, 3.05) is 26.3 Å². The first-order valence-electron chi connectivity index (χ1n) is 11.0. The lowest BCUT2D eigenvalue weighted by molar-refractivity contribution is -0.162. The molecule has 2 aliphatic rings. The molecule has 2 fully saturated rings. The molecule has 0 spiro atoms. The molecule has 3 heterocycles. The van der Waals surface area contributed by atoms with Gasteiger partial charge in [0.2, 0.25) is 0 Å². The smallest absolute Gasteiger partial charge is 0.312 e. The Morgan fingerprint density at radius 1 is 1.28 bits per heavy atom. The van der Waals surface area contributed by atoms with Gasteiger partial charge in [-0.15, -0.1) is 0 Å². The van der Waals surface area contributed by atoms with Gasteiger partial charge in [-0.2, -0.15) is 0 Å². The fourth-order valence-electron chi connectivity index (χ4n) is 4.80. The largest absolute Gasteiger partial charge is 0.466 e. The second kappa shape index (κ2) is 9.23. The molecule has 2 aromatic rings. The molecule has 0 saturated carbocycles. The monoisotopic (exact) mass is 396 g/mol. The first kappa shape index (κ1) is 20.3. The molecule has 2 aliphatic heterocycles. The van der Waals surface area contributed by atoms with E-state index in [2.05, 4.69) is 34.1 Å². The second-order valence-electron chi connectivity index (χ2n) is 8.50. The molecule has 0 aliphatic carbocycles. The number of esters is 1. The van der Waals surface area contributed by atoms with Crippen LogP contribution < -0.4 is 0 Å². The fourth-order valence-corrected chi connectivity index (χ4v) is 4.80. The number of piperidine rings is 1. The maximum absolute atomic E-state index is 12.9. The quantitative estimate of drug-likeness (QED) is 0.680. The van der Waals surface area contributed by atoms with Crippen LogP contribution in [-0.2, 0) is 20.8 Å². The molecule has 1 unspecified atom stereocenters. The van der Waals surface area contributed by atoms with E-state index in [-0.39, 0.29) is 17.5 Å². The summed E-state index contributed by atoms with van der Waals surface area (Å²) in [5.74, 6) is -0.0226. The highest BCUT2D eigenvalue weighted by Gasteiger charge is 2.44. The molecule has 156 valence electrons. The SMILES string of the molecule is CCOC(=O)C1(CC2CCCCO2)CCN(Cc2ccc3ncccc3c2)CC1. The fraction of sp³-hybridized carbons (Fsp3) is 0.583. The third kappa shape index (κ3) is 4.78. The van der Waals surface area contributed by atoms with Crippen LogP contribution in [0.2, 0.25) is 0 Å². The van der Waals surface area contributed by atoms with Crippen molar-refractivity contribution in [3.63, 3.8) is 0 Å². The van der Waals surface area contributed by atoms with E-state index in [1.165, 1.54) is 17.4 Å². The Morgan fingerprint density at radius 2 is 2.14 bits per heavy atom. The van der Waals surface area contributed by atoms with E-state index in [1.54, 1.807) is 0 Å². The molecule has 0 N–H and O–H groups in total. The summed E-state index contributed by atoms with van der Waals surface area (Å²) in [5, 5.41) is 1.18. The van der Waals surface area contributed by atoms with Crippen molar-refractivity contribution in [1.82, 2.24) is 9.88 Å². The number of fused-ring (bicyclic) bond motifs is 1. The molecule has 0 amide bonds. The van der Waals surface area contributed by atoms with Crippen LogP contribution in [-0.4, -0.2) is 48.3 Å². The summed E-state index contributed by atoms with van der Waals surface area (Å²) >= 11 is 0. The Balaban J connectivity index is 1.41. The van der Waals surface area contributed by atoms with E-state index in [4.69, 9.17) is 9.47 Å². The van der Waals surface area contributed by atoms with Gasteiger partial charge in [0.05, 0.1) is 23.6 Å². The van der Waals surface area contributed by atoms with Gasteiger partial charge < -0.3 is 9.47 Å². The summed E-state index contributed by atoms with van der Waals surface area (Å²) in [6.07, 6.45) is 7.94. The lowest BCUT2D eigenvalue weighted by Crippen LogP contribution is -2.47. The summed E-state index contributed by atoms with van der Waals surface area (Å²) < 4.78 is 11.5. The lowest BCUT2D eigenvalue weighted by Gasteiger charge is -2.42. The third-order valence-electron chi connectivity index (χ3n) is 6.49. The number of likely N-dealkylation sites (tertiary alicyclic amines) is 1. The zero-order valence-electron chi connectivity index (χ0n) is 17.4. The van der Waals surface area contributed by atoms with Crippen LogP contribution >= 0.6 is 0 Å². The second-order valence-corrected chi connectivity index (χ2v) is 8.50. The number of hydrogen-bond acceptors (Lipinski definition) is 5. The van der Waals surface area contributed by atoms with Gasteiger partial charge in [0.15, 0.2) is 0 Å². The van der Waals surface area contributed by atoms with Crippen molar-refractivity contribution in [1.29, 1.82) is 0 Å². The molecule has 0 radical (unpaired) electrons. The molecule has 2 saturated heterocycles. The molecule has 1 aromatic heterocycles. The highest BCUT2D eigenvalue weighted by Crippen LogP contribution is 2.40. The average Bonchev–Trinajstić information content (AvgIpc) is 2.76. The van der Waals surface area contributed by atoms with Crippen molar-refractivity contribution >= 4 is 16.9 Å². The Labute approximate surface area is 173 Å². The summed E-state index contributed by atoms with van der Waals surface area (Å²) in [6.45, 7) is 5.90. The third-order valence-corrected chi connectivity index (χ3v) is 6.49. The Bertz CT molecular complexity index is 824. The van der Waals surface area contributed by atoms with E-state index in [9.17, 15) is 4.79 Å². The number of rotatable bonds is 6. The summed E-state index contributed by atoms with van der Waals surface area (Å²) in [6, 6.07) is 10.6. The molecule has 4 rings (SSSR count). The molecule has 29 heavy (non-hydrogen) atoms. The zero-order valence-corrected chi connectivity index (χ0v) is 17.4. The van der Waals surface area contributed by atoms with Gasteiger partial charge in [-0.25, -0.2) is 0 Å². The van der Waals surface area contributed by atoms with Gasteiger partial charge in [-0.05, 0) is 82.3 Å². The van der Waals surface area contributed by atoms with Gasteiger partial charge in [0.25, 0.3) is 0 Å². The molecule has 5 nitrogen and oxygen atoms in total. The van der Waals surface area contributed by atoms with Crippen LogP contribution in [0.1, 0.15) is 51.0 Å². The van der Waals surface area contributed by atoms with Gasteiger partial charge in [-0.1, -0.05) is 12.1 Å². The number of carbonyl (C=O) groups is 1.